The van der Waals surface area contributed by atoms with E-state index in [0.29, 0.717) is 0 Å². The molecule has 0 aliphatic heterocycles. The lowest BCUT2D eigenvalue weighted by Crippen LogP contribution is -1.89. The van der Waals surface area contributed by atoms with E-state index in [1.165, 1.54) is 0 Å². The normalized spacial score (nSPS) is 11.0. The Bertz CT molecular complexity index is 936. The van der Waals surface area contributed by atoms with Gasteiger partial charge in [-0.1, -0.05) is 24.3 Å². The fraction of sp³-hybridized carbons (Fsp3) is 0.0556. The van der Waals surface area contributed by atoms with E-state index in [2.05, 4.69) is 26.2 Å². The van der Waals surface area contributed by atoms with Crippen LogP contribution >= 0.6 is 0 Å². The molecule has 0 saturated carbocycles. The molecule has 0 atom stereocenters. The molecule has 0 aliphatic carbocycles. The lowest BCUT2D eigenvalue weighted by molar-refractivity contribution is 1.05. The van der Waals surface area contributed by atoms with Crippen LogP contribution in [0.2, 0.25) is 0 Å². The number of hydrogen-bond acceptors (Lipinski definition) is 3. The summed E-state index contributed by atoms with van der Waals surface area (Å²) in [5, 5.41) is 8.67. The highest BCUT2D eigenvalue weighted by atomic mass is 15.1. The molecule has 1 N–H and O–H groups in total. The van der Waals surface area contributed by atoms with Gasteiger partial charge in [-0.2, -0.15) is 5.10 Å². The van der Waals surface area contributed by atoms with Crippen LogP contribution in [0.15, 0.2) is 60.9 Å². The second-order valence-corrected chi connectivity index (χ2v) is 5.16. The van der Waals surface area contributed by atoms with Crippen LogP contribution in [-0.2, 0) is 0 Å². The van der Waals surface area contributed by atoms with Gasteiger partial charge >= 0.3 is 0 Å². The summed E-state index contributed by atoms with van der Waals surface area (Å²) < 4.78 is 0. The third-order valence-corrected chi connectivity index (χ3v) is 3.77. The first kappa shape index (κ1) is 12.7. The Balaban J connectivity index is 2.02. The fourth-order valence-corrected chi connectivity index (χ4v) is 2.76. The molecule has 3 heterocycles. The molecule has 4 rings (SSSR count). The lowest BCUT2D eigenvalue weighted by atomic mass is 9.98. The van der Waals surface area contributed by atoms with E-state index in [4.69, 9.17) is 0 Å². The van der Waals surface area contributed by atoms with Gasteiger partial charge in [0.2, 0.25) is 0 Å². The van der Waals surface area contributed by atoms with Crippen LogP contribution in [0.5, 0.6) is 0 Å². The van der Waals surface area contributed by atoms with Gasteiger partial charge in [0.05, 0.1) is 11.2 Å². The van der Waals surface area contributed by atoms with Crippen molar-refractivity contribution in [1.29, 1.82) is 0 Å². The Kier molecular flexibility index (Phi) is 2.93. The molecule has 0 amide bonds. The SMILES string of the molecule is Cc1[nH]nc(-c2ccccn2)c1-c1ccnc2ccccc12. The van der Waals surface area contributed by atoms with Gasteiger partial charge in [0.25, 0.3) is 0 Å². The molecule has 106 valence electrons. The number of benzene rings is 1. The largest absolute Gasteiger partial charge is 0.282 e. The zero-order chi connectivity index (χ0) is 14.9. The number of para-hydroxylation sites is 1. The van der Waals surface area contributed by atoms with Gasteiger partial charge in [0.1, 0.15) is 5.69 Å². The van der Waals surface area contributed by atoms with Crippen molar-refractivity contribution in [2.24, 2.45) is 0 Å². The van der Waals surface area contributed by atoms with E-state index < -0.39 is 0 Å². The highest BCUT2D eigenvalue weighted by Gasteiger charge is 2.17. The highest BCUT2D eigenvalue weighted by molar-refractivity contribution is 5.98. The van der Waals surface area contributed by atoms with Gasteiger partial charge in [-0.15, -0.1) is 0 Å². The van der Waals surface area contributed by atoms with E-state index in [-0.39, 0.29) is 0 Å². The molecule has 0 saturated heterocycles. The first-order chi connectivity index (χ1) is 10.8. The summed E-state index contributed by atoms with van der Waals surface area (Å²) in [7, 11) is 0. The number of fused-ring (bicyclic) bond motifs is 1. The minimum Gasteiger partial charge on any atom is -0.282 e. The average molecular weight is 286 g/mol. The van der Waals surface area contributed by atoms with Crippen molar-refractivity contribution < 1.29 is 0 Å². The molecule has 0 aliphatic rings. The molecular formula is C18H14N4. The maximum atomic E-state index is 4.46. The van der Waals surface area contributed by atoms with Crippen LogP contribution in [0, 0.1) is 6.92 Å². The van der Waals surface area contributed by atoms with Crippen LogP contribution < -0.4 is 0 Å². The number of nitrogens with zero attached hydrogens (tertiary/aromatic N) is 3. The Labute approximate surface area is 127 Å². The van der Waals surface area contributed by atoms with Crippen molar-refractivity contribution in [2.75, 3.05) is 0 Å². The van der Waals surface area contributed by atoms with Gasteiger partial charge in [-0.05, 0) is 36.8 Å². The predicted octanol–water partition coefficient (Wildman–Crippen LogP) is 4.00. The van der Waals surface area contributed by atoms with Gasteiger partial charge in [-0.3, -0.25) is 15.1 Å². The summed E-state index contributed by atoms with van der Waals surface area (Å²) in [6.45, 7) is 2.03. The lowest BCUT2D eigenvalue weighted by Gasteiger charge is -2.07. The maximum absolute atomic E-state index is 4.46. The van der Waals surface area contributed by atoms with Gasteiger partial charge < -0.3 is 0 Å². The Morgan fingerprint density at radius 2 is 1.73 bits per heavy atom. The molecule has 0 spiro atoms. The van der Waals surface area contributed by atoms with Crippen molar-refractivity contribution in [3.8, 4) is 22.5 Å². The molecule has 0 bridgehead atoms. The molecule has 0 radical (unpaired) electrons. The standard InChI is InChI=1S/C18H14N4/c1-12-17(18(22-21-12)16-8-4-5-10-19-16)14-9-11-20-15-7-3-2-6-13(14)15/h2-11H,1H3,(H,21,22). The summed E-state index contributed by atoms with van der Waals surface area (Å²) in [4.78, 5) is 8.87. The summed E-state index contributed by atoms with van der Waals surface area (Å²) in [5.74, 6) is 0. The molecule has 0 fully saturated rings. The zero-order valence-electron chi connectivity index (χ0n) is 12.1. The third kappa shape index (κ3) is 1.97. The fourth-order valence-electron chi connectivity index (χ4n) is 2.76. The summed E-state index contributed by atoms with van der Waals surface area (Å²) in [6, 6.07) is 16.0. The van der Waals surface area contributed by atoms with Crippen LogP contribution in [0.25, 0.3) is 33.4 Å². The van der Waals surface area contributed by atoms with Gasteiger partial charge in [-0.25, -0.2) is 0 Å². The monoisotopic (exact) mass is 286 g/mol. The minimum atomic E-state index is 0.864. The second-order valence-electron chi connectivity index (χ2n) is 5.16. The third-order valence-electron chi connectivity index (χ3n) is 3.77. The van der Waals surface area contributed by atoms with Gasteiger partial charge in [0, 0.05) is 29.0 Å². The Hall–Kier alpha value is -3.01. The number of aromatic nitrogens is 4. The van der Waals surface area contributed by atoms with E-state index in [1.54, 1.807) is 6.20 Å². The molecule has 4 heteroatoms. The Morgan fingerprint density at radius 3 is 2.59 bits per heavy atom. The molecule has 4 nitrogen and oxygen atoms in total. The topological polar surface area (TPSA) is 54.5 Å². The molecular weight excluding hydrogens is 272 g/mol. The van der Waals surface area contributed by atoms with Crippen LogP contribution in [-0.4, -0.2) is 20.2 Å². The summed E-state index contributed by atoms with van der Waals surface area (Å²) in [6.07, 6.45) is 3.63. The van der Waals surface area contributed by atoms with Crippen LogP contribution in [0.1, 0.15) is 5.69 Å². The van der Waals surface area contributed by atoms with E-state index in [9.17, 15) is 0 Å². The number of hydrogen-bond donors (Lipinski definition) is 1. The van der Waals surface area contributed by atoms with Crippen molar-refractivity contribution in [3.63, 3.8) is 0 Å². The molecule has 3 aromatic heterocycles. The first-order valence-corrected chi connectivity index (χ1v) is 7.15. The average Bonchev–Trinajstić information content (AvgIpc) is 2.96. The number of aromatic amines is 1. The first-order valence-electron chi connectivity index (χ1n) is 7.15. The molecule has 4 aromatic rings. The number of pyridine rings is 2. The Morgan fingerprint density at radius 1 is 0.864 bits per heavy atom. The quantitative estimate of drug-likeness (QED) is 0.606. The number of rotatable bonds is 2. The van der Waals surface area contributed by atoms with E-state index in [1.807, 2.05) is 55.6 Å². The van der Waals surface area contributed by atoms with E-state index in [0.717, 1.165) is 39.1 Å². The number of H-pyrrole nitrogens is 1. The number of nitrogens with one attached hydrogen (secondary N) is 1. The van der Waals surface area contributed by atoms with Crippen molar-refractivity contribution in [1.82, 2.24) is 20.2 Å². The molecule has 0 unspecified atom stereocenters. The summed E-state index contributed by atoms with van der Waals surface area (Å²) >= 11 is 0. The number of aryl methyl sites for hydroxylation is 1. The van der Waals surface area contributed by atoms with E-state index >= 15 is 0 Å². The smallest absolute Gasteiger partial charge is 0.119 e. The highest BCUT2D eigenvalue weighted by Crippen LogP contribution is 2.35. The van der Waals surface area contributed by atoms with Crippen molar-refractivity contribution in [2.45, 2.75) is 6.92 Å². The van der Waals surface area contributed by atoms with Crippen LogP contribution in [0.4, 0.5) is 0 Å². The predicted molar refractivity (Wildman–Crippen MR) is 87.3 cm³/mol. The second kappa shape index (κ2) is 5.07. The van der Waals surface area contributed by atoms with Crippen molar-refractivity contribution in [3.05, 3.63) is 66.6 Å². The molecule has 22 heavy (non-hydrogen) atoms. The minimum absolute atomic E-state index is 0.864. The zero-order valence-corrected chi connectivity index (χ0v) is 12.1. The van der Waals surface area contributed by atoms with Crippen molar-refractivity contribution >= 4 is 10.9 Å². The van der Waals surface area contributed by atoms with Crippen LogP contribution in [0.3, 0.4) is 0 Å². The summed E-state index contributed by atoms with van der Waals surface area (Å²) in [5.41, 5.74) is 5.94. The van der Waals surface area contributed by atoms with Gasteiger partial charge in [0.15, 0.2) is 0 Å². The molecule has 1 aromatic carbocycles. The maximum Gasteiger partial charge on any atom is 0.119 e.